The molecule has 6 heteroatoms. The molecular formula is C27H19N5O. The number of anilines is 1. The number of H-pyrrole nitrogens is 1. The fourth-order valence-corrected chi connectivity index (χ4v) is 4.12. The normalized spacial score (nSPS) is 19.6. The fourth-order valence-electron chi connectivity index (χ4n) is 4.12. The fraction of sp³-hybridized carbons (Fsp3) is 0. The number of fused-ring (bicyclic) bond motifs is 5. The Labute approximate surface area is 190 Å². The minimum absolute atomic E-state index is 0.573. The third kappa shape index (κ3) is 3.43. The standard InChI is InChI=1S/C27H19N5O/c28-17-3-1-16(2-4-17)27-25-11-7-20(31-25)13-18-5-9-23(29-18)22(15-33)24-10-6-19(30-24)14-21-8-12-26(27)32-21/h1-15,31,33H,28H2/b18-13?,19-14?,22-15-,27-26?. The van der Waals surface area contributed by atoms with Gasteiger partial charge in [0.1, 0.15) is 0 Å². The summed E-state index contributed by atoms with van der Waals surface area (Å²) in [5.41, 5.74) is 15.6. The van der Waals surface area contributed by atoms with E-state index in [1.165, 1.54) is 0 Å². The van der Waals surface area contributed by atoms with Gasteiger partial charge in [0, 0.05) is 22.6 Å². The zero-order chi connectivity index (χ0) is 22.4. The predicted molar refractivity (Wildman–Crippen MR) is 134 cm³/mol. The number of aliphatic hydroxyl groups is 1. The minimum Gasteiger partial charge on any atom is -0.515 e. The van der Waals surface area contributed by atoms with Crippen LogP contribution in [-0.4, -0.2) is 27.2 Å². The van der Waals surface area contributed by atoms with Gasteiger partial charge in [-0.2, -0.15) is 0 Å². The van der Waals surface area contributed by atoms with E-state index in [1.807, 2.05) is 85.0 Å². The summed E-state index contributed by atoms with van der Waals surface area (Å²) in [6, 6.07) is 11.9. The van der Waals surface area contributed by atoms with Crippen LogP contribution in [0.25, 0.3) is 11.6 Å². The molecule has 158 valence electrons. The summed E-state index contributed by atoms with van der Waals surface area (Å²) in [7, 11) is 0. The smallest absolute Gasteiger partial charge is 0.0907 e. The molecule has 4 aliphatic heterocycles. The molecule has 4 N–H and O–H groups in total. The second-order valence-electron chi connectivity index (χ2n) is 7.92. The molecule has 0 radical (unpaired) electrons. The number of aromatic nitrogens is 1. The van der Waals surface area contributed by atoms with Gasteiger partial charge >= 0.3 is 0 Å². The number of aliphatic imine (C=N–C) groups is 3. The van der Waals surface area contributed by atoms with Gasteiger partial charge in [-0.1, -0.05) is 12.1 Å². The van der Waals surface area contributed by atoms with Crippen LogP contribution in [0.1, 0.15) is 17.0 Å². The van der Waals surface area contributed by atoms with Gasteiger partial charge < -0.3 is 15.8 Å². The maximum Gasteiger partial charge on any atom is 0.0907 e. The zero-order valence-electron chi connectivity index (χ0n) is 17.5. The van der Waals surface area contributed by atoms with Crippen LogP contribution in [0.15, 0.2) is 123 Å². The van der Waals surface area contributed by atoms with E-state index in [4.69, 9.17) is 10.7 Å². The number of allylic oxidation sites excluding steroid dienone is 8. The Morgan fingerprint density at radius 3 is 2.21 bits per heavy atom. The van der Waals surface area contributed by atoms with E-state index in [0.29, 0.717) is 22.7 Å². The van der Waals surface area contributed by atoms with Gasteiger partial charge in [0.15, 0.2) is 0 Å². The van der Waals surface area contributed by atoms with Gasteiger partial charge in [-0.25, -0.2) is 15.0 Å². The van der Waals surface area contributed by atoms with Crippen LogP contribution in [0.2, 0.25) is 0 Å². The summed E-state index contributed by atoms with van der Waals surface area (Å²) in [4.78, 5) is 17.7. The third-order valence-electron chi connectivity index (χ3n) is 5.70. The molecule has 4 aliphatic rings. The van der Waals surface area contributed by atoms with Crippen molar-refractivity contribution in [3.8, 4) is 0 Å². The molecule has 2 aromatic rings. The minimum atomic E-state index is 0.573. The van der Waals surface area contributed by atoms with Gasteiger partial charge in [-0.15, -0.1) is 0 Å². The summed E-state index contributed by atoms with van der Waals surface area (Å²) >= 11 is 0. The first-order valence-electron chi connectivity index (χ1n) is 10.5. The number of benzene rings is 1. The number of nitrogens with one attached hydrogen (secondary N) is 1. The van der Waals surface area contributed by atoms with Crippen molar-refractivity contribution in [2.45, 2.75) is 0 Å². The number of aromatic amines is 1. The van der Waals surface area contributed by atoms with E-state index < -0.39 is 0 Å². The second-order valence-corrected chi connectivity index (χ2v) is 7.92. The van der Waals surface area contributed by atoms with Crippen molar-refractivity contribution in [1.29, 1.82) is 0 Å². The molecule has 33 heavy (non-hydrogen) atoms. The molecule has 1 aromatic heterocycles. The quantitative estimate of drug-likeness (QED) is 0.436. The largest absolute Gasteiger partial charge is 0.515 e. The van der Waals surface area contributed by atoms with Crippen molar-refractivity contribution in [3.05, 3.63) is 125 Å². The first-order valence-corrected chi connectivity index (χ1v) is 10.5. The molecule has 6 rings (SSSR count). The number of rotatable bonds is 1. The van der Waals surface area contributed by atoms with E-state index in [9.17, 15) is 5.11 Å². The SMILES string of the molecule is Nc1ccc(C2=C3C=CC(=N3)C=C3C=CC(=N3)/C(=C\O)C3=NC(=Cc4ccc2[nH]4)C=C3)cc1. The number of aliphatic hydroxyl groups excluding tert-OH is 1. The Morgan fingerprint density at radius 2 is 1.48 bits per heavy atom. The van der Waals surface area contributed by atoms with Crippen LogP contribution < -0.4 is 5.73 Å². The Hall–Kier alpha value is -4.71. The molecule has 0 unspecified atom stereocenters. The van der Waals surface area contributed by atoms with Crippen LogP contribution >= 0.6 is 0 Å². The molecule has 0 amide bonds. The van der Waals surface area contributed by atoms with Gasteiger partial charge in [0.25, 0.3) is 0 Å². The van der Waals surface area contributed by atoms with Gasteiger partial charge in [0.05, 0.1) is 46.1 Å². The summed E-state index contributed by atoms with van der Waals surface area (Å²) < 4.78 is 0. The van der Waals surface area contributed by atoms with Gasteiger partial charge in [0.2, 0.25) is 0 Å². The van der Waals surface area contributed by atoms with E-state index in [0.717, 1.165) is 51.6 Å². The molecule has 0 fully saturated rings. The highest BCUT2D eigenvalue weighted by Gasteiger charge is 2.20. The lowest BCUT2D eigenvalue weighted by Gasteiger charge is -2.09. The molecule has 0 saturated heterocycles. The van der Waals surface area contributed by atoms with E-state index >= 15 is 0 Å². The van der Waals surface area contributed by atoms with Crippen molar-refractivity contribution in [2.24, 2.45) is 15.0 Å². The van der Waals surface area contributed by atoms with Crippen molar-refractivity contribution in [1.82, 2.24) is 4.98 Å². The molecule has 6 nitrogen and oxygen atoms in total. The predicted octanol–water partition coefficient (Wildman–Crippen LogP) is 5.07. The van der Waals surface area contributed by atoms with Crippen molar-refractivity contribution in [2.75, 3.05) is 5.73 Å². The molecule has 8 bridgehead atoms. The van der Waals surface area contributed by atoms with E-state index in [-0.39, 0.29) is 0 Å². The molecule has 0 saturated carbocycles. The molecular weight excluding hydrogens is 410 g/mol. The number of nitrogens with zero attached hydrogens (tertiary/aromatic N) is 3. The summed E-state index contributed by atoms with van der Waals surface area (Å²) in [6.45, 7) is 0. The number of nitrogens with two attached hydrogens (primary N) is 1. The maximum absolute atomic E-state index is 9.87. The van der Waals surface area contributed by atoms with Crippen molar-refractivity contribution < 1.29 is 5.11 Å². The second kappa shape index (κ2) is 7.46. The van der Waals surface area contributed by atoms with Crippen LogP contribution in [0, 0.1) is 0 Å². The molecule has 0 atom stereocenters. The van der Waals surface area contributed by atoms with Crippen molar-refractivity contribution in [3.63, 3.8) is 0 Å². The lowest BCUT2D eigenvalue weighted by molar-refractivity contribution is 0.472. The molecule has 5 heterocycles. The van der Waals surface area contributed by atoms with Crippen LogP contribution in [0.4, 0.5) is 5.69 Å². The third-order valence-corrected chi connectivity index (χ3v) is 5.70. The van der Waals surface area contributed by atoms with E-state index in [1.54, 1.807) is 0 Å². The lowest BCUT2D eigenvalue weighted by Crippen LogP contribution is -2.07. The van der Waals surface area contributed by atoms with Crippen LogP contribution in [-0.2, 0) is 0 Å². The Morgan fingerprint density at radius 1 is 0.758 bits per heavy atom. The molecule has 0 aliphatic carbocycles. The Kier molecular flexibility index (Phi) is 4.30. The summed E-state index contributed by atoms with van der Waals surface area (Å²) in [5, 5.41) is 9.87. The number of hydrogen-bond donors (Lipinski definition) is 3. The van der Waals surface area contributed by atoms with Crippen LogP contribution in [0.5, 0.6) is 0 Å². The average molecular weight is 429 g/mol. The average Bonchev–Trinajstić information content (AvgIpc) is 3.61. The highest BCUT2D eigenvalue weighted by atomic mass is 16.2. The first-order chi connectivity index (χ1) is 16.2. The topological polar surface area (TPSA) is 99.1 Å². The first kappa shape index (κ1) is 19.0. The maximum atomic E-state index is 9.87. The molecule has 0 spiro atoms. The zero-order valence-corrected chi connectivity index (χ0v) is 17.5. The number of nitrogen functional groups attached to an aromatic ring is 1. The number of hydrogen-bond acceptors (Lipinski definition) is 5. The Balaban J connectivity index is 1.57. The summed E-state index contributed by atoms with van der Waals surface area (Å²) in [6.07, 6.45) is 16.5. The van der Waals surface area contributed by atoms with Crippen LogP contribution in [0.3, 0.4) is 0 Å². The summed E-state index contributed by atoms with van der Waals surface area (Å²) in [5.74, 6) is 0. The van der Waals surface area contributed by atoms with Gasteiger partial charge in [-0.05, 0) is 78.4 Å². The van der Waals surface area contributed by atoms with E-state index in [2.05, 4.69) is 15.0 Å². The monoisotopic (exact) mass is 429 g/mol. The van der Waals surface area contributed by atoms with Gasteiger partial charge in [-0.3, -0.25) is 0 Å². The molecule has 1 aromatic carbocycles. The lowest BCUT2D eigenvalue weighted by atomic mass is 10.0. The Bertz CT molecular complexity index is 1500. The van der Waals surface area contributed by atoms with Crippen molar-refractivity contribution >= 4 is 34.5 Å². The highest BCUT2D eigenvalue weighted by molar-refractivity contribution is 6.33. The highest BCUT2D eigenvalue weighted by Crippen LogP contribution is 2.32.